The molecule has 0 fully saturated rings. The van der Waals surface area contributed by atoms with Gasteiger partial charge in [0.05, 0.1) is 4.90 Å². The maximum atomic E-state index is 12.3. The summed E-state index contributed by atoms with van der Waals surface area (Å²) in [6.07, 6.45) is 1.94. The largest absolute Gasteiger partial charge is 0.385 e. The summed E-state index contributed by atoms with van der Waals surface area (Å²) in [5, 5.41) is 3.11. The molecule has 0 saturated carbocycles. The van der Waals surface area contributed by atoms with Crippen LogP contribution in [0.4, 0.5) is 14.5 Å². The lowest BCUT2D eigenvalue weighted by atomic mass is 10.1. The van der Waals surface area contributed by atoms with Gasteiger partial charge in [-0.1, -0.05) is 6.92 Å². The molecule has 7 heteroatoms. The Morgan fingerprint density at radius 1 is 1.25 bits per heavy atom. The summed E-state index contributed by atoms with van der Waals surface area (Å²) in [7, 11) is -4.51. The van der Waals surface area contributed by atoms with Crippen LogP contribution in [0.25, 0.3) is 0 Å². The molecule has 0 spiro atoms. The van der Waals surface area contributed by atoms with E-state index in [0.29, 0.717) is 18.2 Å². The van der Waals surface area contributed by atoms with Crippen LogP contribution < -0.4 is 11.1 Å². The van der Waals surface area contributed by atoms with Crippen molar-refractivity contribution in [2.45, 2.75) is 30.4 Å². The highest BCUT2D eigenvalue weighted by Gasteiger charge is 2.26. The van der Waals surface area contributed by atoms with Crippen molar-refractivity contribution in [1.82, 2.24) is 0 Å². The van der Waals surface area contributed by atoms with Crippen molar-refractivity contribution in [2.75, 3.05) is 18.4 Å². The van der Waals surface area contributed by atoms with Crippen LogP contribution in [0.5, 0.6) is 0 Å². The number of hydrogen-bond donors (Lipinski definition) is 2. The Morgan fingerprint density at radius 3 is 2.35 bits per heavy atom. The van der Waals surface area contributed by atoms with Crippen molar-refractivity contribution >= 4 is 15.5 Å². The maximum Gasteiger partial charge on any atom is 0.341 e. The van der Waals surface area contributed by atoms with Gasteiger partial charge in [0.25, 0.3) is 0 Å². The second-order valence-electron chi connectivity index (χ2n) is 4.74. The number of halogens is 2. The Balaban J connectivity index is 2.52. The summed E-state index contributed by atoms with van der Waals surface area (Å²) in [4.78, 5) is -0.366. The van der Waals surface area contributed by atoms with E-state index >= 15 is 0 Å². The molecule has 0 aliphatic rings. The molecule has 1 rings (SSSR count). The van der Waals surface area contributed by atoms with Gasteiger partial charge in [-0.05, 0) is 49.6 Å². The lowest BCUT2D eigenvalue weighted by Crippen LogP contribution is -2.13. The Labute approximate surface area is 118 Å². The first kappa shape index (κ1) is 16.8. The molecule has 0 heterocycles. The summed E-state index contributed by atoms with van der Waals surface area (Å²) < 4.78 is 47.1. The molecule has 3 N–H and O–H groups in total. The molecular formula is C13H20F2N2O2S. The number of sulfone groups is 1. The normalized spacial score (nSPS) is 13.4. The van der Waals surface area contributed by atoms with Gasteiger partial charge < -0.3 is 11.1 Å². The number of nitrogens with two attached hydrogens (primary N) is 1. The van der Waals surface area contributed by atoms with Crippen molar-refractivity contribution in [1.29, 1.82) is 0 Å². The average molecular weight is 306 g/mol. The first-order valence-electron chi connectivity index (χ1n) is 6.44. The van der Waals surface area contributed by atoms with Crippen LogP contribution >= 0.6 is 0 Å². The monoisotopic (exact) mass is 306 g/mol. The van der Waals surface area contributed by atoms with E-state index in [1.807, 2.05) is 0 Å². The maximum absolute atomic E-state index is 12.3. The van der Waals surface area contributed by atoms with Gasteiger partial charge in [0.1, 0.15) is 0 Å². The van der Waals surface area contributed by atoms with Crippen molar-refractivity contribution in [3.63, 3.8) is 0 Å². The highest BCUT2D eigenvalue weighted by molar-refractivity contribution is 7.91. The van der Waals surface area contributed by atoms with Crippen molar-refractivity contribution in [3.8, 4) is 0 Å². The van der Waals surface area contributed by atoms with E-state index in [1.165, 1.54) is 24.3 Å². The molecule has 1 unspecified atom stereocenters. The lowest BCUT2D eigenvalue weighted by Gasteiger charge is -2.10. The van der Waals surface area contributed by atoms with Gasteiger partial charge in [-0.25, -0.2) is 8.42 Å². The average Bonchev–Trinajstić information content (AvgIpc) is 2.43. The SMILES string of the molecule is CC(CN)CCCNc1ccc(S(=O)(=O)C(F)F)cc1. The molecule has 1 aromatic rings. The smallest absolute Gasteiger partial charge is 0.341 e. The van der Waals surface area contributed by atoms with Gasteiger partial charge in [0.2, 0.25) is 9.84 Å². The van der Waals surface area contributed by atoms with Crippen molar-refractivity contribution in [3.05, 3.63) is 24.3 Å². The van der Waals surface area contributed by atoms with Crippen molar-refractivity contribution in [2.24, 2.45) is 11.7 Å². The van der Waals surface area contributed by atoms with Crippen molar-refractivity contribution < 1.29 is 17.2 Å². The molecule has 114 valence electrons. The zero-order chi connectivity index (χ0) is 15.2. The molecule has 20 heavy (non-hydrogen) atoms. The second-order valence-corrected chi connectivity index (χ2v) is 6.66. The number of alkyl halides is 2. The van der Waals surface area contributed by atoms with E-state index in [2.05, 4.69) is 12.2 Å². The fourth-order valence-corrected chi connectivity index (χ4v) is 2.39. The van der Waals surface area contributed by atoms with Crippen LogP contribution in [0.2, 0.25) is 0 Å². The topological polar surface area (TPSA) is 72.2 Å². The molecule has 0 radical (unpaired) electrons. The zero-order valence-corrected chi connectivity index (χ0v) is 12.2. The van der Waals surface area contributed by atoms with E-state index in [-0.39, 0.29) is 4.90 Å². The van der Waals surface area contributed by atoms with Crippen LogP contribution in [-0.4, -0.2) is 27.3 Å². The molecule has 4 nitrogen and oxygen atoms in total. The number of benzene rings is 1. The summed E-state index contributed by atoms with van der Waals surface area (Å²) in [5.41, 5.74) is 6.22. The van der Waals surface area contributed by atoms with Crippen LogP contribution in [0, 0.1) is 5.92 Å². The van der Waals surface area contributed by atoms with E-state index in [9.17, 15) is 17.2 Å². The van der Waals surface area contributed by atoms with E-state index in [1.54, 1.807) is 0 Å². The third kappa shape index (κ3) is 4.72. The molecular weight excluding hydrogens is 286 g/mol. The third-order valence-electron chi connectivity index (χ3n) is 3.02. The minimum atomic E-state index is -4.51. The molecule has 0 aromatic heterocycles. The quantitative estimate of drug-likeness (QED) is 0.724. The number of hydrogen-bond acceptors (Lipinski definition) is 4. The Bertz CT molecular complexity index is 504. The molecule has 1 aromatic carbocycles. The van der Waals surface area contributed by atoms with Gasteiger partial charge in [0.15, 0.2) is 0 Å². The predicted molar refractivity (Wildman–Crippen MR) is 75.6 cm³/mol. The number of anilines is 1. The minimum Gasteiger partial charge on any atom is -0.385 e. The fourth-order valence-electron chi connectivity index (χ4n) is 1.67. The summed E-state index contributed by atoms with van der Waals surface area (Å²) >= 11 is 0. The Hall–Kier alpha value is -1.21. The molecule has 0 saturated heterocycles. The van der Waals surface area contributed by atoms with Gasteiger partial charge in [-0.15, -0.1) is 0 Å². The predicted octanol–water partition coefficient (Wildman–Crippen LogP) is 2.47. The molecule has 1 atom stereocenters. The number of nitrogens with one attached hydrogen (secondary N) is 1. The molecule has 0 aliphatic carbocycles. The first-order chi connectivity index (χ1) is 9.37. The third-order valence-corrected chi connectivity index (χ3v) is 4.42. The second kappa shape index (κ2) is 7.54. The van der Waals surface area contributed by atoms with Gasteiger partial charge in [0, 0.05) is 12.2 Å². The van der Waals surface area contributed by atoms with Gasteiger partial charge >= 0.3 is 5.76 Å². The van der Waals surface area contributed by atoms with Crippen LogP contribution in [-0.2, 0) is 9.84 Å². The minimum absolute atomic E-state index is 0.366. The van der Waals surface area contributed by atoms with Gasteiger partial charge in [-0.2, -0.15) is 8.78 Å². The highest BCUT2D eigenvalue weighted by atomic mass is 32.2. The van der Waals surface area contributed by atoms with E-state index in [0.717, 1.165) is 19.4 Å². The zero-order valence-electron chi connectivity index (χ0n) is 11.4. The Morgan fingerprint density at radius 2 is 1.85 bits per heavy atom. The van der Waals surface area contributed by atoms with Gasteiger partial charge in [-0.3, -0.25) is 0 Å². The fraction of sp³-hybridized carbons (Fsp3) is 0.538. The van der Waals surface area contributed by atoms with Crippen LogP contribution in [0.15, 0.2) is 29.2 Å². The first-order valence-corrected chi connectivity index (χ1v) is 7.98. The number of rotatable bonds is 8. The summed E-state index contributed by atoms with van der Waals surface area (Å²) in [6.45, 7) is 3.45. The summed E-state index contributed by atoms with van der Waals surface area (Å²) in [6, 6.07) is 5.35. The summed E-state index contributed by atoms with van der Waals surface area (Å²) in [5.74, 6) is -2.92. The Kier molecular flexibility index (Phi) is 6.35. The molecule has 0 bridgehead atoms. The van der Waals surface area contributed by atoms with Crippen LogP contribution in [0.1, 0.15) is 19.8 Å². The molecule has 0 aliphatic heterocycles. The van der Waals surface area contributed by atoms with E-state index in [4.69, 9.17) is 5.73 Å². The van der Waals surface area contributed by atoms with Crippen LogP contribution in [0.3, 0.4) is 0 Å². The standard InChI is InChI=1S/C13H20F2N2O2S/c1-10(9-16)3-2-8-17-11-4-6-12(7-5-11)20(18,19)13(14)15/h4-7,10,13,17H,2-3,8-9,16H2,1H3. The van der Waals surface area contributed by atoms with E-state index < -0.39 is 15.6 Å². The lowest BCUT2D eigenvalue weighted by molar-refractivity contribution is 0.234. The highest BCUT2D eigenvalue weighted by Crippen LogP contribution is 2.20. The molecule has 0 amide bonds.